The van der Waals surface area contributed by atoms with Gasteiger partial charge in [-0.05, 0) is 30.4 Å². The Morgan fingerprint density at radius 1 is 1.00 bits per heavy atom. The van der Waals surface area contributed by atoms with E-state index in [1.54, 1.807) is 0 Å². The van der Waals surface area contributed by atoms with Crippen molar-refractivity contribution in [3.05, 3.63) is 35.9 Å². The smallest absolute Gasteiger partial charge is 0.0184 e. The second-order valence-electron chi connectivity index (χ2n) is 4.74. The molecule has 0 unspecified atom stereocenters. The van der Waals surface area contributed by atoms with Crippen LogP contribution in [0.1, 0.15) is 57.9 Å². The summed E-state index contributed by atoms with van der Waals surface area (Å²) < 4.78 is 0. The second kappa shape index (κ2) is 8.38. The fraction of sp³-hybridized carbons (Fsp3) is 0.625. The van der Waals surface area contributed by atoms with Gasteiger partial charge in [0.2, 0.25) is 0 Å². The van der Waals surface area contributed by atoms with E-state index in [9.17, 15) is 0 Å². The Kier molecular flexibility index (Phi) is 6.96. The van der Waals surface area contributed by atoms with Gasteiger partial charge < -0.3 is 0 Å². The summed E-state index contributed by atoms with van der Waals surface area (Å²) in [5.74, 6) is 0.963. The van der Waals surface area contributed by atoms with Gasteiger partial charge in [-0.15, -0.1) is 0 Å². The van der Waals surface area contributed by atoms with Crippen molar-refractivity contribution in [2.45, 2.75) is 58.8 Å². The maximum Gasteiger partial charge on any atom is -0.0184 e. The first-order valence-corrected chi connectivity index (χ1v) is 6.81. The Bertz CT molecular complexity index is 244. The minimum absolute atomic E-state index is 0.963. The molecular formula is C16H25. The van der Waals surface area contributed by atoms with Gasteiger partial charge in [-0.2, -0.15) is 0 Å². The van der Waals surface area contributed by atoms with Crippen molar-refractivity contribution >= 4 is 0 Å². The van der Waals surface area contributed by atoms with Crippen molar-refractivity contribution in [1.29, 1.82) is 0 Å². The van der Waals surface area contributed by atoms with E-state index in [4.69, 9.17) is 0 Å². The summed E-state index contributed by atoms with van der Waals surface area (Å²) in [4.78, 5) is 0. The average molecular weight is 217 g/mol. The summed E-state index contributed by atoms with van der Waals surface area (Å²) in [5, 5.41) is 0. The summed E-state index contributed by atoms with van der Waals surface area (Å²) in [6, 6.07) is 11.5. The van der Waals surface area contributed by atoms with Crippen LogP contribution in [0.3, 0.4) is 0 Å². The quantitative estimate of drug-likeness (QED) is 0.573. The predicted octanol–water partition coefficient (Wildman–Crippen LogP) is 5.03. The molecule has 0 nitrogen and oxygen atoms in total. The molecule has 0 saturated carbocycles. The third kappa shape index (κ3) is 5.34. The number of hydrogen-bond acceptors (Lipinski definition) is 0. The van der Waals surface area contributed by atoms with Crippen molar-refractivity contribution in [2.75, 3.05) is 0 Å². The second-order valence-corrected chi connectivity index (χ2v) is 4.74. The minimum Gasteiger partial charge on any atom is -0.0654 e. The highest BCUT2D eigenvalue weighted by Crippen LogP contribution is 2.20. The lowest BCUT2D eigenvalue weighted by Crippen LogP contribution is -2.00. The first-order valence-electron chi connectivity index (χ1n) is 6.81. The third-order valence-electron chi connectivity index (χ3n) is 3.26. The average Bonchev–Trinajstić information content (AvgIpc) is 2.31. The van der Waals surface area contributed by atoms with Gasteiger partial charge in [0.05, 0.1) is 0 Å². The molecule has 0 heterocycles. The maximum absolute atomic E-state index is 3.07. The van der Waals surface area contributed by atoms with Gasteiger partial charge in [-0.3, -0.25) is 0 Å². The zero-order chi connectivity index (χ0) is 11.6. The van der Waals surface area contributed by atoms with Crippen molar-refractivity contribution in [3.8, 4) is 0 Å². The van der Waals surface area contributed by atoms with Crippen molar-refractivity contribution in [2.24, 2.45) is 5.92 Å². The van der Waals surface area contributed by atoms with E-state index in [0.717, 1.165) is 5.92 Å². The van der Waals surface area contributed by atoms with Gasteiger partial charge in [-0.1, -0.05) is 70.2 Å². The topological polar surface area (TPSA) is 0 Å². The first-order chi connectivity index (χ1) is 7.86. The SMILES string of the molecule is CCCC(CCC)CCCc1cc[c]cc1. The van der Waals surface area contributed by atoms with Crippen LogP contribution in [0.15, 0.2) is 24.3 Å². The van der Waals surface area contributed by atoms with E-state index >= 15 is 0 Å². The Hall–Kier alpha value is -0.780. The fourth-order valence-electron chi connectivity index (χ4n) is 2.43. The third-order valence-corrected chi connectivity index (χ3v) is 3.26. The monoisotopic (exact) mass is 217 g/mol. The Morgan fingerprint density at radius 3 is 2.19 bits per heavy atom. The van der Waals surface area contributed by atoms with Crippen LogP contribution in [0.2, 0.25) is 0 Å². The van der Waals surface area contributed by atoms with Crippen molar-refractivity contribution in [1.82, 2.24) is 0 Å². The molecule has 0 amide bonds. The molecule has 0 heteroatoms. The van der Waals surface area contributed by atoms with E-state index in [0.29, 0.717) is 0 Å². The van der Waals surface area contributed by atoms with E-state index in [-0.39, 0.29) is 0 Å². The fourth-order valence-corrected chi connectivity index (χ4v) is 2.43. The van der Waals surface area contributed by atoms with Gasteiger partial charge in [0.15, 0.2) is 0 Å². The van der Waals surface area contributed by atoms with E-state index in [1.165, 1.54) is 50.5 Å². The highest BCUT2D eigenvalue weighted by Gasteiger charge is 2.06. The molecule has 0 aliphatic rings. The highest BCUT2D eigenvalue weighted by molar-refractivity contribution is 5.13. The summed E-state index contributed by atoms with van der Waals surface area (Å²) in [5.41, 5.74) is 1.46. The lowest BCUT2D eigenvalue weighted by Gasteiger charge is -2.14. The molecule has 0 fully saturated rings. The van der Waals surface area contributed by atoms with Gasteiger partial charge in [0, 0.05) is 0 Å². The van der Waals surface area contributed by atoms with Crippen LogP contribution in [-0.4, -0.2) is 0 Å². The van der Waals surface area contributed by atoms with Crippen molar-refractivity contribution < 1.29 is 0 Å². The number of rotatable bonds is 8. The van der Waals surface area contributed by atoms with E-state index in [1.807, 2.05) is 12.1 Å². The largest absolute Gasteiger partial charge is 0.0654 e. The summed E-state index contributed by atoms with van der Waals surface area (Å²) in [6.45, 7) is 4.60. The maximum atomic E-state index is 3.07. The number of hydrogen-bond donors (Lipinski definition) is 0. The highest BCUT2D eigenvalue weighted by atomic mass is 14.1. The van der Waals surface area contributed by atoms with Crippen LogP contribution in [0, 0.1) is 12.0 Å². The van der Waals surface area contributed by atoms with Gasteiger partial charge >= 0.3 is 0 Å². The summed E-state index contributed by atoms with van der Waals surface area (Å²) >= 11 is 0. The molecule has 1 aromatic carbocycles. The minimum atomic E-state index is 0.963. The molecule has 1 radical (unpaired) electrons. The molecule has 0 saturated heterocycles. The van der Waals surface area contributed by atoms with Crippen LogP contribution in [-0.2, 0) is 6.42 Å². The first kappa shape index (κ1) is 13.3. The van der Waals surface area contributed by atoms with Crippen LogP contribution in [0.4, 0.5) is 0 Å². The lowest BCUT2D eigenvalue weighted by atomic mass is 9.92. The zero-order valence-electron chi connectivity index (χ0n) is 10.8. The molecule has 0 bridgehead atoms. The van der Waals surface area contributed by atoms with Crippen LogP contribution < -0.4 is 0 Å². The predicted molar refractivity (Wildman–Crippen MR) is 71.5 cm³/mol. The number of benzene rings is 1. The normalized spacial score (nSPS) is 10.9. The molecule has 0 aliphatic heterocycles. The van der Waals surface area contributed by atoms with Gasteiger partial charge in [0.1, 0.15) is 0 Å². The molecule has 0 spiro atoms. The Morgan fingerprint density at radius 2 is 1.62 bits per heavy atom. The molecule has 1 rings (SSSR count). The Labute approximate surface area is 101 Å². The van der Waals surface area contributed by atoms with Crippen LogP contribution >= 0.6 is 0 Å². The Balaban J connectivity index is 2.22. The van der Waals surface area contributed by atoms with Crippen LogP contribution in [0.25, 0.3) is 0 Å². The van der Waals surface area contributed by atoms with Crippen molar-refractivity contribution in [3.63, 3.8) is 0 Å². The molecule has 89 valence electrons. The molecule has 16 heavy (non-hydrogen) atoms. The van der Waals surface area contributed by atoms with Gasteiger partial charge in [-0.25, -0.2) is 0 Å². The summed E-state index contributed by atoms with van der Waals surface area (Å²) in [7, 11) is 0. The molecular weight excluding hydrogens is 192 g/mol. The molecule has 0 atom stereocenters. The molecule has 1 aromatic rings. The molecule has 0 N–H and O–H groups in total. The standard InChI is InChI=1S/C16H25/c1-3-9-15(10-4-2)13-8-14-16-11-6-5-7-12-16/h6-7,11-12,15H,3-4,8-10,13-14H2,1-2H3. The zero-order valence-corrected chi connectivity index (χ0v) is 10.8. The van der Waals surface area contributed by atoms with E-state index < -0.39 is 0 Å². The number of aryl methyl sites for hydroxylation is 1. The molecule has 0 aliphatic carbocycles. The lowest BCUT2D eigenvalue weighted by molar-refractivity contribution is 0.400. The molecule has 0 aromatic heterocycles. The van der Waals surface area contributed by atoms with Gasteiger partial charge in [0.25, 0.3) is 0 Å². The van der Waals surface area contributed by atoms with E-state index in [2.05, 4.69) is 32.0 Å². The summed E-state index contributed by atoms with van der Waals surface area (Å²) in [6.07, 6.45) is 9.48. The van der Waals surface area contributed by atoms with Crippen LogP contribution in [0.5, 0.6) is 0 Å².